The molecule has 7 rings (SSSR count). The van der Waals surface area contributed by atoms with Gasteiger partial charge < -0.3 is 29.3 Å². The van der Waals surface area contributed by atoms with Gasteiger partial charge in [-0.1, -0.05) is 79.8 Å². The summed E-state index contributed by atoms with van der Waals surface area (Å²) in [5, 5.41) is 23.3. The second-order valence-corrected chi connectivity index (χ2v) is 19.9. The Morgan fingerprint density at radius 2 is 1.75 bits per heavy atom. The Balaban J connectivity index is 1.31. The molecule has 4 aromatic rings. The summed E-state index contributed by atoms with van der Waals surface area (Å²) in [6.45, 7) is 7.35. The highest BCUT2D eigenvalue weighted by molar-refractivity contribution is 6.91. The Morgan fingerprint density at radius 3 is 2.38 bits per heavy atom. The molecule has 3 aliphatic heterocycles. The maximum Gasteiger partial charge on any atom is 0.269 e. The van der Waals surface area contributed by atoms with E-state index >= 15 is 4.79 Å². The van der Waals surface area contributed by atoms with Crippen LogP contribution in [0.2, 0.25) is 18.6 Å². The van der Waals surface area contributed by atoms with Crippen molar-refractivity contribution < 1.29 is 33.9 Å². The molecule has 3 amide bonds. The van der Waals surface area contributed by atoms with Gasteiger partial charge in [0.1, 0.15) is 5.75 Å². The fourth-order valence-corrected chi connectivity index (χ4v) is 12.9. The van der Waals surface area contributed by atoms with Gasteiger partial charge in [0.2, 0.25) is 11.8 Å². The van der Waals surface area contributed by atoms with Gasteiger partial charge in [-0.3, -0.25) is 24.5 Å². The van der Waals surface area contributed by atoms with Crippen LogP contribution in [0.3, 0.4) is 0 Å². The number of nitro groups is 1. The average molecular weight is 763 g/mol. The molecule has 55 heavy (non-hydrogen) atoms. The minimum absolute atomic E-state index is 0.0378. The van der Waals surface area contributed by atoms with Gasteiger partial charge in [0, 0.05) is 55.4 Å². The average Bonchev–Trinajstić information content (AvgIpc) is 3.60. The van der Waals surface area contributed by atoms with Gasteiger partial charge >= 0.3 is 0 Å². The second kappa shape index (κ2) is 15.0. The van der Waals surface area contributed by atoms with Crippen LogP contribution in [0.5, 0.6) is 5.75 Å². The van der Waals surface area contributed by atoms with E-state index in [2.05, 4.69) is 13.1 Å². The predicted octanol–water partition coefficient (Wildman–Crippen LogP) is 5.51. The van der Waals surface area contributed by atoms with E-state index in [1.54, 1.807) is 27.9 Å². The molecule has 1 N–H and O–H groups in total. The number of methoxy groups -OCH3 is 1. The van der Waals surface area contributed by atoms with Crippen molar-refractivity contribution in [3.8, 4) is 5.75 Å². The molecule has 286 valence electrons. The number of β-lactam (4-membered cyclic amide) rings is 1. The predicted molar refractivity (Wildman–Crippen MR) is 211 cm³/mol. The zero-order valence-corrected chi connectivity index (χ0v) is 32.5. The van der Waals surface area contributed by atoms with Crippen LogP contribution < -0.4 is 19.7 Å². The molecule has 0 aromatic heterocycles. The second-order valence-electron chi connectivity index (χ2n) is 15.2. The minimum Gasteiger partial charge on any atom is -0.497 e. The smallest absolute Gasteiger partial charge is 0.269 e. The molecule has 1 spiro atoms. The number of ether oxygens (including phenoxy) is 2. The molecule has 0 radical (unpaired) electrons. The van der Waals surface area contributed by atoms with E-state index in [9.17, 15) is 24.8 Å². The van der Waals surface area contributed by atoms with E-state index in [-0.39, 0.29) is 55.1 Å². The number of amides is 3. The molecule has 2 fully saturated rings. The molecule has 4 atom stereocenters. The number of carbonyl (C=O) groups is 3. The molecule has 2 saturated heterocycles. The molecular formula is C42H46N4O8Si. The topological polar surface area (TPSA) is 143 Å². The summed E-state index contributed by atoms with van der Waals surface area (Å²) in [4.78, 5) is 58.5. The first-order valence-corrected chi connectivity index (χ1v) is 21.7. The number of benzene rings is 4. The first-order chi connectivity index (χ1) is 26.4. The van der Waals surface area contributed by atoms with Crippen LogP contribution in [0.15, 0.2) is 97.1 Å². The zero-order chi connectivity index (χ0) is 39.1. The van der Waals surface area contributed by atoms with Crippen LogP contribution in [-0.4, -0.2) is 73.6 Å². The van der Waals surface area contributed by atoms with Gasteiger partial charge in [0.25, 0.3) is 11.6 Å². The van der Waals surface area contributed by atoms with Crippen LogP contribution >= 0.6 is 0 Å². The minimum atomic E-state index is -2.65. The Labute approximate surface area is 321 Å². The lowest BCUT2D eigenvalue weighted by Gasteiger charge is -2.37. The van der Waals surface area contributed by atoms with Crippen LogP contribution in [-0.2, 0) is 37.8 Å². The van der Waals surface area contributed by atoms with Crippen molar-refractivity contribution in [2.24, 2.45) is 5.92 Å². The van der Waals surface area contributed by atoms with Crippen molar-refractivity contribution >= 4 is 48.0 Å². The lowest BCUT2D eigenvalue weighted by Crippen LogP contribution is -2.52. The molecule has 3 heterocycles. The summed E-state index contributed by atoms with van der Waals surface area (Å²) >= 11 is 0. The lowest BCUT2D eigenvalue weighted by molar-refractivity contribution is -0.385. The highest BCUT2D eigenvalue weighted by Crippen LogP contribution is 2.60. The van der Waals surface area contributed by atoms with Gasteiger partial charge in [-0.15, -0.1) is 0 Å². The lowest BCUT2D eigenvalue weighted by atomic mass is 9.82. The van der Waals surface area contributed by atoms with E-state index < -0.39 is 30.6 Å². The number of rotatable bonds is 13. The van der Waals surface area contributed by atoms with Gasteiger partial charge in [-0.25, -0.2) is 0 Å². The number of anilines is 2. The molecular weight excluding hydrogens is 717 g/mol. The number of nitrogens with zero attached hydrogens (tertiary/aromatic N) is 4. The van der Waals surface area contributed by atoms with Crippen molar-refractivity contribution in [1.82, 2.24) is 4.90 Å². The summed E-state index contributed by atoms with van der Waals surface area (Å²) in [7, 11) is -1.04. The number of aliphatic hydroxyl groups excluding tert-OH is 1. The van der Waals surface area contributed by atoms with Crippen LogP contribution in [0.4, 0.5) is 17.1 Å². The van der Waals surface area contributed by atoms with Crippen molar-refractivity contribution in [2.45, 2.75) is 63.2 Å². The monoisotopic (exact) mass is 762 g/mol. The Kier molecular flexibility index (Phi) is 10.4. The molecule has 13 heteroatoms. The molecule has 12 nitrogen and oxygen atoms in total. The summed E-state index contributed by atoms with van der Waals surface area (Å²) in [6.07, 6.45) is -0.302. The number of hydrogen-bond acceptors (Lipinski definition) is 8. The first-order valence-electron chi connectivity index (χ1n) is 18.6. The molecule has 0 bridgehead atoms. The van der Waals surface area contributed by atoms with Crippen molar-refractivity contribution in [2.75, 3.05) is 36.6 Å². The van der Waals surface area contributed by atoms with Crippen LogP contribution in [0, 0.1) is 16.0 Å². The Bertz CT molecular complexity index is 2110. The third-order valence-corrected chi connectivity index (χ3v) is 16.1. The SMILES string of the molecule is COc1ccc([Si](C)(C)[C@@H]2[C@@H](CC(=O)N(CCO)Cc3ccccc3)O[C@]3(C(=O)N(Cc4cccc(N5CCC5=O)c4)c4ccc([N+](=O)[O-])cc43)[C@H]2C)cc1. The van der Waals surface area contributed by atoms with Crippen molar-refractivity contribution in [1.29, 1.82) is 0 Å². The highest BCUT2D eigenvalue weighted by Gasteiger charge is 2.66. The summed E-state index contributed by atoms with van der Waals surface area (Å²) < 4.78 is 12.6. The molecule has 4 aromatic carbocycles. The Hall–Kier alpha value is -5.37. The van der Waals surface area contributed by atoms with Gasteiger partial charge in [-0.05, 0) is 47.0 Å². The fraction of sp³-hybridized carbons (Fsp3) is 0.357. The summed E-state index contributed by atoms with van der Waals surface area (Å²) in [5.74, 6) is -0.334. The maximum atomic E-state index is 15.3. The number of fused-ring (bicyclic) bond motifs is 2. The number of nitro benzene ring substituents is 1. The quantitative estimate of drug-likeness (QED) is 0.0814. The maximum absolute atomic E-state index is 15.3. The van der Waals surface area contributed by atoms with Gasteiger partial charge in [0.05, 0.1) is 51.5 Å². The summed E-state index contributed by atoms with van der Waals surface area (Å²) in [6, 6.07) is 29.4. The number of carbonyl (C=O) groups excluding carboxylic acids is 3. The largest absolute Gasteiger partial charge is 0.497 e. The Morgan fingerprint density at radius 1 is 1.02 bits per heavy atom. The van der Waals surface area contributed by atoms with Gasteiger partial charge in [-0.2, -0.15) is 0 Å². The van der Waals surface area contributed by atoms with E-state index in [4.69, 9.17) is 9.47 Å². The number of non-ortho nitro benzene ring substituents is 1. The normalized spacial score (nSPS) is 21.8. The van der Waals surface area contributed by atoms with Crippen molar-refractivity contribution in [3.05, 3.63) is 124 Å². The highest BCUT2D eigenvalue weighted by atomic mass is 28.3. The molecule has 0 aliphatic carbocycles. The van der Waals surface area contributed by atoms with Gasteiger partial charge in [0.15, 0.2) is 5.60 Å². The molecule has 0 saturated carbocycles. The molecule has 3 aliphatic rings. The number of hydrogen-bond donors (Lipinski definition) is 1. The summed E-state index contributed by atoms with van der Waals surface area (Å²) in [5.41, 5.74) is 1.28. The van der Waals surface area contributed by atoms with Crippen molar-refractivity contribution in [3.63, 3.8) is 0 Å². The van der Waals surface area contributed by atoms with E-state index in [1.165, 1.54) is 12.1 Å². The van der Waals surface area contributed by atoms with E-state index in [0.29, 0.717) is 36.5 Å². The third kappa shape index (κ3) is 6.81. The van der Waals surface area contributed by atoms with E-state index in [0.717, 1.165) is 22.0 Å². The standard InChI is InChI=1S/C42H46N4O8Si/c1-28-40(55(3,4)34-16-14-33(53-2)15-17-34)37(25-39(49)43(21-22-47)26-29-9-6-5-7-10-29)54-42(28)35-24-32(46(51)52)13-18-36(35)45(41(42)50)27-30-11-8-12-31(23-30)44-20-19-38(44)48/h5-18,23-24,28,37,40,47H,19-22,25-27H2,1-4H3/t28-,37+,40-,42+/m0/s1. The van der Waals surface area contributed by atoms with Crippen LogP contribution in [0.1, 0.15) is 36.5 Å². The zero-order valence-electron chi connectivity index (χ0n) is 31.5. The third-order valence-electron chi connectivity index (χ3n) is 11.8. The molecule has 0 unspecified atom stereocenters. The fourth-order valence-electron chi connectivity index (χ4n) is 8.88. The number of aliphatic hydroxyl groups is 1. The van der Waals surface area contributed by atoms with Crippen LogP contribution in [0.25, 0.3) is 0 Å². The first kappa shape index (κ1) is 37.9. The van der Waals surface area contributed by atoms with E-state index in [1.807, 2.05) is 85.8 Å².